The zero-order valence-electron chi connectivity index (χ0n) is 12.5. The molecule has 0 spiro atoms. The van der Waals surface area contributed by atoms with Crippen molar-refractivity contribution in [2.45, 2.75) is 33.1 Å². The fourth-order valence-electron chi connectivity index (χ4n) is 1.28. The largest absolute Gasteiger partial charge is 0.469 e. The quantitative estimate of drug-likeness (QED) is 0.380. The fraction of sp³-hybridized carbons (Fsp3) is 0.929. The number of ether oxygens (including phenoxy) is 4. The van der Waals surface area contributed by atoms with Gasteiger partial charge in [0.25, 0.3) is 0 Å². The molecule has 114 valence electrons. The number of methoxy groups -OCH3 is 1. The van der Waals surface area contributed by atoms with E-state index in [-0.39, 0.29) is 5.97 Å². The zero-order valence-corrected chi connectivity index (χ0v) is 12.5. The first kappa shape index (κ1) is 18.4. The fourth-order valence-corrected chi connectivity index (χ4v) is 1.28. The Morgan fingerprint density at radius 3 is 1.95 bits per heavy atom. The summed E-state index contributed by atoms with van der Waals surface area (Å²) >= 11 is 0. The first-order valence-corrected chi connectivity index (χ1v) is 6.97. The first-order chi connectivity index (χ1) is 9.16. The molecule has 0 aromatic rings. The standard InChI is InChI=1S/C14H28O5/c1-13(2)6-8-18-10-12-19-11-9-17-7-4-5-14(15)16-3/h13H,4-12H2,1-3H3. The molecule has 0 saturated heterocycles. The number of esters is 1. The van der Waals surface area contributed by atoms with E-state index in [0.29, 0.717) is 51.8 Å². The number of hydrogen-bond donors (Lipinski definition) is 0. The van der Waals surface area contributed by atoms with E-state index in [4.69, 9.17) is 14.2 Å². The van der Waals surface area contributed by atoms with Gasteiger partial charge in [-0.2, -0.15) is 0 Å². The maximum absolute atomic E-state index is 10.8. The molecule has 0 atom stereocenters. The van der Waals surface area contributed by atoms with Gasteiger partial charge in [0.15, 0.2) is 0 Å². The van der Waals surface area contributed by atoms with Crippen molar-refractivity contribution in [2.24, 2.45) is 5.92 Å². The molecule has 0 aromatic carbocycles. The average molecular weight is 276 g/mol. The highest BCUT2D eigenvalue weighted by atomic mass is 16.5. The van der Waals surface area contributed by atoms with Crippen molar-refractivity contribution in [3.63, 3.8) is 0 Å². The second-order valence-electron chi connectivity index (χ2n) is 4.70. The van der Waals surface area contributed by atoms with Crippen LogP contribution in [0.4, 0.5) is 0 Å². The van der Waals surface area contributed by atoms with E-state index in [0.717, 1.165) is 13.0 Å². The third-order valence-electron chi connectivity index (χ3n) is 2.48. The maximum atomic E-state index is 10.8. The van der Waals surface area contributed by atoms with Gasteiger partial charge < -0.3 is 18.9 Å². The summed E-state index contributed by atoms with van der Waals surface area (Å²) in [7, 11) is 1.39. The lowest BCUT2D eigenvalue weighted by molar-refractivity contribution is -0.141. The van der Waals surface area contributed by atoms with Crippen LogP contribution in [0, 0.1) is 5.92 Å². The van der Waals surface area contributed by atoms with Crippen molar-refractivity contribution >= 4 is 5.97 Å². The summed E-state index contributed by atoms with van der Waals surface area (Å²) in [6, 6.07) is 0. The summed E-state index contributed by atoms with van der Waals surface area (Å²) in [6.07, 6.45) is 2.18. The summed E-state index contributed by atoms with van der Waals surface area (Å²) in [6.45, 7) is 8.06. The highest BCUT2D eigenvalue weighted by Gasteiger charge is 1.99. The molecule has 0 unspecified atom stereocenters. The SMILES string of the molecule is COC(=O)CCCOCCOCCOCCC(C)C. The van der Waals surface area contributed by atoms with Gasteiger partial charge in [0.2, 0.25) is 0 Å². The van der Waals surface area contributed by atoms with Crippen molar-refractivity contribution in [3.8, 4) is 0 Å². The van der Waals surface area contributed by atoms with E-state index in [1.807, 2.05) is 0 Å². The summed E-state index contributed by atoms with van der Waals surface area (Å²) < 4.78 is 20.6. The van der Waals surface area contributed by atoms with Crippen molar-refractivity contribution < 1.29 is 23.7 Å². The van der Waals surface area contributed by atoms with E-state index in [2.05, 4.69) is 18.6 Å². The number of hydrogen-bond acceptors (Lipinski definition) is 5. The van der Waals surface area contributed by atoms with E-state index < -0.39 is 0 Å². The van der Waals surface area contributed by atoms with Crippen LogP contribution in [-0.2, 0) is 23.7 Å². The second-order valence-corrected chi connectivity index (χ2v) is 4.70. The molecule has 0 aliphatic heterocycles. The van der Waals surface area contributed by atoms with E-state index in [9.17, 15) is 4.79 Å². The van der Waals surface area contributed by atoms with Gasteiger partial charge in [-0.15, -0.1) is 0 Å². The van der Waals surface area contributed by atoms with Gasteiger partial charge in [0.05, 0.1) is 33.5 Å². The van der Waals surface area contributed by atoms with Crippen LogP contribution >= 0.6 is 0 Å². The minimum Gasteiger partial charge on any atom is -0.469 e. The topological polar surface area (TPSA) is 54.0 Å². The van der Waals surface area contributed by atoms with Crippen LogP contribution in [0.15, 0.2) is 0 Å². The van der Waals surface area contributed by atoms with Gasteiger partial charge >= 0.3 is 5.97 Å². The molecular formula is C14H28O5. The monoisotopic (exact) mass is 276 g/mol. The van der Waals surface area contributed by atoms with Gasteiger partial charge in [0.1, 0.15) is 0 Å². The molecular weight excluding hydrogens is 248 g/mol. The van der Waals surface area contributed by atoms with Crippen LogP contribution in [0.25, 0.3) is 0 Å². The molecule has 0 saturated carbocycles. The summed E-state index contributed by atoms with van der Waals surface area (Å²) in [5, 5.41) is 0. The van der Waals surface area contributed by atoms with Crippen LogP contribution in [-0.4, -0.2) is 52.7 Å². The van der Waals surface area contributed by atoms with Crippen LogP contribution in [0.1, 0.15) is 33.1 Å². The second kappa shape index (κ2) is 13.8. The molecule has 0 amide bonds. The molecule has 0 bridgehead atoms. The van der Waals surface area contributed by atoms with Crippen LogP contribution in [0.3, 0.4) is 0 Å². The Balaban J connectivity index is 3.01. The Morgan fingerprint density at radius 1 is 0.895 bits per heavy atom. The summed E-state index contributed by atoms with van der Waals surface area (Å²) in [4.78, 5) is 10.8. The highest BCUT2D eigenvalue weighted by Crippen LogP contribution is 1.98. The Hall–Kier alpha value is -0.650. The van der Waals surface area contributed by atoms with Gasteiger partial charge in [-0.3, -0.25) is 4.79 Å². The van der Waals surface area contributed by atoms with E-state index in [1.54, 1.807) is 0 Å². The normalized spacial score (nSPS) is 10.9. The first-order valence-electron chi connectivity index (χ1n) is 6.97. The lowest BCUT2D eigenvalue weighted by Crippen LogP contribution is -2.11. The molecule has 0 aliphatic carbocycles. The lowest BCUT2D eigenvalue weighted by atomic mass is 10.1. The molecule has 5 nitrogen and oxygen atoms in total. The third kappa shape index (κ3) is 15.3. The average Bonchev–Trinajstić information content (AvgIpc) is 2.39. The third-order valence-corrected chi connectivity index (χ3v) is 2.48. The van der Waals surface area contributed by atoms with Gasteiger partial charge in [0, 0.05) is 19.6 Å². The molecule has 0 aromatic heterocycles. The van der Waals surface area contributed by atoms with Crippen molar-refractivity contribution in [1.82, 2.24) is 0 Å². The Bertz CT molecular complexity index is 206. The highest BCUT2D eigenvalue weighted by molar-refractivity contribution is 5.68. The molecule has 0 rings (SSSR count). The smallest absolute Gasteiger partial charge is 0.305 e. The molecule has 0 fully saturated rings. The maximum Gasteiger partial charge on any atom is 0.305 e. The number of carbonyl (C=O) groups excluding carboxylic acids is 1. The molecule has 0 N–H and O–H groups in total. The van der Waals surface area contributed by atoms with Crippen molar-refractivity contribution in [2.75, 3.05) is 46.8 Å². The number of carbonyl (C=O) groups is 1. The van der Waals surface area contributed by atoms with Crippen molar-refractivity contribution in [1.29, 1.82) is 0 Å². The zero-order chi connectivity index (χ0) is 14.3. The predicted molar refractivity (Wildman–Crippen MR) is 73.2 cm³/mol. The molecule has 0 heterocycles. The molecule has 5 heteroatoms. The lowest BCUT2D eigenvalue weighted by Gasteiger charge is -2.07. The van der Waals surface area contributed by atoms with E-state index in [1.165, 1.54) is 7.11 Å². The van der Waals surface area contributed by atoms with Crippen LogP contribution in [0.2, 0.25) is 0 Å². The minimum absolute atomic E-state index is 0.196. The molecule has 0 radical (unpaired) electrons. The van der Waals surface area contributed by atoms with Crippen LogP contribution in [0.5, 0.6) is 0 Å². The number of rotatable bonds is 13. The Kier molecular flexibility index (Phi) is 13.3. The Labute approximate surface area is 116 Å². The predicted octanol–water partition coefficient (Wildman–Crippen LogP) is 2.04. The Morgan fingerprint density at radius 2 is 1.42 bits per heavy atom. The summed E-state index contributed by atoms with van der Waals surface area (Å²) in [5.41, 5.74) is 0. The summed E-state index contributed by atoms with van der Waals surface area (Å²) in [5.74, 6) is 0.484. The minimum atomic E-state index is -0.196. The molecule has 0 aliphatic rings. The van der Waals surface area contributed by atoms with Gasteiger partial charge in [-0.05, 0) is 18.8 Å². The van der Waals surface area contributed by atoms with Gasteiger partial charge in [-0.25, -0.2) is 0 Å². The van der Waals surface area contributed by atoms with Crippen molar-refractivity contribution in [3.05, 3.63) is 0 Å². The van der Waals surface area contributed by atoms with E-state index >= 15 is 0 Å². The van der Waals surface area contributed by atoms with Gasteiger partial charge in [-0.1, -0.05) is 13.8 Å². The van der Waals surface area contributed by atoms with Crippen LogP contribution < -0.4 is 0 Å². The molecule has 19 heavy (non-hydrogen) atoms.